The van der Waals surface area contributed by atoms with Crippen LogP contribution in [0.15, 0.2) is 24.3 Å². The number of carbonyl (C=O) groups excluding carboxylic acids is 2. The molecule has 1 aliphatic carbocycles. The molecule has 2 aromatic carbocycles. The zero-order chi connectivity index (χ0) is 17.9. The smallest absolute Gasteiger partial charge is 0.326 e. The van der Waals surface area contributed by atoms with Crippen LogP contribution in [0.3, 0.4) is 0 Å². The second kappa shape index (κ2) is 5.41. The third-order valence-corrected chi connectivity index (χ3v) is 5.19. The molecule has 5 heteroatoms. The van der Waals surface area contributed by atoms with E-state index in [1.165, 1.54) is 0 Å². The van der Waals surface area contributed by atoms with E-state index in [1.54, 1.807) is 12.1 Å². The summed E-state index contributed by atoms with van der Waals surface area (Å²) in [5.41, 5.74) is 3.18. The van der Waals surface area contributed by atoms with E-state index in [0.717, 1.165) is 34.3 Å². The number of nitrogens with zero attached hydrogens (tertiary/aromatic N) is 1. The first kappa shape index (κ1) is 15.8. The van der Waals surface area contributed by atoms with Crippen LogP contribution in [-0.4, -0.2) is 33.8 Å². The van der Waals surface area contributed by atoms with Gasteiger partial charge in [-0.3, -0.25) is 14.5 Å². The van der Waals surface area contributed by atoms with Crippen molar-refractivity contribution in [3.63, 3.8) is 0 Å². The lowest BCUT2D eigenvalue weighted by atomic mass is 9.89. The van der Waals surface area contributed by atoms with E-state index in [0.29, 0.717) is 16.5 Å². The highest BCUT2D eigenvalue weighted by Gasteiger charge is 2.41. The lowest BCUT2D eigenvalue weighted by Crippen LogP contribution is -2.51. The van der Waals surface area contributed by atoms with E-state index >= 15 is 0 Å². The van der Waals surface area contributed by atoms with Crippen molar-refractivity contribution in [1.82, 2.24) is 4.90 Å². The van der Waals surface area contributed by atoms with E-state index in [4.69, 9.17) is 0 Å². The van der Waals surface area contributed by atoms with Gasteiger partial charge in [0.05, 0.1) is 0 Å². The molecule has 0 aromatic heterocycles. The van der Waals surface area contributed by atoms with Crippen LogP contribution in [0, 0.1) is 5.92 Å². The standard InChI is InChI=1S/C20H19NO4/c1-10(2)9-15(20(24)25)21-18(22)13-7-5-11-3-4-12-6-8-14(19(21)23)17(13)16(11)12/h5-8,10,15H,3-4,9H2,1-2H3,(H,24,25). The quantitative estimate of drug-likeness (QED) is 0.870. The first-order valence-electron chi connectivity index (χ1n) is 8.58. The van der Waals surface area contributed by atoms with E-state index in [9.17, 15) is 19.5 Å². The minimum absolute atomic E-state index is 0.0509. The van der Waals surface area contributed by atoms with Gasteiger partial charge in [0.25, 0.3) is 11.8 Å². The second-order valence-electron chi connectivity index (χ2n) is 7.26. The van der Waals surface area contributed by atoms with Gasteiger partial charge in [0.2, 0.25) is 0 Å². The fourth-order valence-electron chi connectivity index (χ4n) is 4.08. The van der Waals surface area contributed by atoms with E-state index < -0.39 is 23.8 Å². The average Bonchev–Trinajstić information content (AvgIpc) is 2.98. The van der Waals surface area contributed by atoms with E-state index in [2.05, 4.69) is 0 Å². The van der Waals surface area contributed by atoms with Gasteiger partial charge in [-0.05, 0) is 53.8 Å². The third-order valence-electron chi connectivity index (χ3n) is 5.19. The van der Waals surface area contributed by atoms with Crippen molar-refractivity contribution in [3.05, 3.63) is 46.5 Å². The minimum atomic E-state index is -1.15. The molecule has 0 saturated heterocycles. The van der Waals surface area contributed by atoms with Crippen molar-refractivity contribution in [2.24, 2.45) is 5.92 Å². The minimum Gasteiger partial charge on any atom is -0.480 e. The Hall–Kier alpha value is -2.69. The fraction of sp³-hybridized carbons (Fsp3) is 0.350. The molecule has 25 heavy (non-hydrogen) atoms. The normalized spacial score (nSPS) is 16.8. The number of aryl methyl sites for hydroxylation is 2. The van der Waals surface area contributed by atoms with Crippen LogP contribution in [-0.2, 0) is 17.6 Å². The van der Waals surface area contributed by atoms with Gasteiger partial charge in [-0.25, -0.2) is 4.79 Å². The number of aliphatic carboxylic acids is 1. The molecular formula is C20H19NO4. The van der Waals surface area contributed by atoms with Crippen LogP contribution >= 0.6 is 0 Å². The van der Waals surface area contributed by atoms with Gasteiger partial charge in [-0.15, -0.1) is 0 Å². The van der Waals surface area contributed by atoms with Crippen molar-refractivity contribution in [1.29, 1.82) is 0 Å². The summed E-state index contributed by atoms with van der Waals surface area (Å²) in [6.07, 6.45) is 2.06. The number of benzene rings is 2. The number of carbonyl (C=O) groups is 3. The fourth-order valence-corrected chi connectivity index (χ4v) is 4.08. The molecular weight excluding hydrogens is 318 g/mol. The average molecular weight is 337 g/mol. The Bertz CT molecular complexity index is 886. The van der Waals surface area contributed by atoms with Crippen LogP contribution in [0.1, 0.15) is 52.1 Å². The van der Waals surface area contributed by atoms with Gasteiger partial charge in [-0.2, -0.15) is 0 Å². The molecule has 0 fully saturated rings. The Morgan fingerprint density at radius 3 is 1.96 bits per heavy atom. The van der Waals surface area contributed by atoms with Gasteiger partial charge < -0.3 is 5.11 Å². The molecule has 1 atom stereocenters. The van der Waals surface area contributed by atoms with Crippen LogP contribution in [0.5, 0.6) is 0 Å². The van der Waals surface area contributed by atoms with Crippen molar-refractivity contribution in [2.75, 3.05) is 0 Å². The van der Waals surface area contributed by atoms with Crippen molar-refractivity contribution >= 4 is 28.6 Å². The van der Waals surface area contributed by atoms with E-state index in [-0.39, 0.29) is 12.3 Å². The maximum absolute atomic E-state index is 13.0. The summed E-state index contributed by atoms with van der Waals surface area (Å²) in [6, 6.07) is 6.20. The van der Waals surface area contributed by atoms with Gasteiger partial charge in [-0.1, -0.05) is 26.0 Å². The Balaban J connectivity index is 1.92. The summed E-state index contributed by atoms with van der Waals surface area (Å²) in [5.74, 6) is -2.09. The van der Waals surface area contributed by atoms with Gasteiger partial charge in [0, 0.05) is 16.5 Å². The van der Waals surface area contributed by atoms with Crippen molar-refractivity contribution in [2.45, 2.75) is 39.2 Å². The Morgan fingerprint density at radius 2 is 1.52 bits per heavy atom. The van der Waals surface area contributed by atoms with Gasteiger partial charge in [0.15, 0.2) is 0 Å². The summed E-state index contributed by atoms with van der Waals surface area (Å²) in [7, 11) is 0. The molecule has 128 valence electrons. The summed E-state index contributed by atoms with van der Waals surface area (Å²) in [6.45, 7) is 3.76. The summed E-state index contributed by atoms with van der Waals surface area (Å²) < 4.78 is 0. The maximum atomic E-state index is 13.0. The van der Waals surface area contributed by atoms with Crippen LogP contribution in [0.4, 0.5) is 0 Å². The molecule has 4 rings (SSSR count). The van der Waals surface area contributed by atoms with Crippen LogP contribution in [0.25, 0.3) is 10.8 Å². The molecule has 5 nitrogen and oxygen atoms in total. The Labute approximate surface area is 145 Å². The van der Waals surface area contributed by atoms with Gasteiger partial charge in [0.1, 0.15) is 6.04 Å². The van der Waals surface area contributed by atoms with E-state index in [1.807, 2.05) is 26.0 Å². The lowest BCUT2D eigenvalue weighted by Gasteiger charge is -2.32. The molecule has 0 saturated carbocycles. The predicted octanol–water partition coefficient (Wildman–Crippen LogP) is 3.03. The first-order valence-corrected chi connectivity index (χ1v) is 8.58. The van der Waals surface area contributed by atoms with Crippen molar-refractivity contribution in [3.8, 4) is 0 Å². The number of carboxylic acids is 1. The number of imide groups is 1. The molecule has 2 aliphatic rings. The molecule has 0 radical (unpaired) electrons. The largest absolute Gasteiger partial charge is 0.480 e. The maximum Gasteiger partial charge on any atom is 0.326 e. The second-order valence-corrected chi connectivity index (χ2v) is 7.26. The molecule has 1 N–H and O–H groups in total. The number of hydrogen-bond acceptors (Lipinski definition) is 3. The molecule has 1 heterocycles. The number of rotatable bonds is 4. The number of hydrogen-bond donors (Lipinski definition) is 1. The summed E-state index contributed by atoms with van der Waals surface area (Å²) >= 11 is 0. The van der Waals surface area contributed by atoms with Gasteiger partial charge >= 0.3 is 5.97 Å². The monoisotopic (exact) mass is 337 g/mol. The van der Waals surface area contributed by atoms with Crippen molar-refractivity contribution < 1.29 is 19.5 Å². The van der Waals surface area contributed by atoms with Crippen LogP contribution < -0.4 is 0 Å². The first-order chi connectivity index (χ1) is 11.9. The molecule has 2 amide bonds. The summed E-state index contributed by atoms with van der Waals surface area (Å²) in [5, 5.41) is 11.3. The summed E-state index contributed by atoms with van der Waals surface area (Å²) in [4.78, 5) is 38.7. The Kier molecular flexibility index (Phi) is 3.42. The highest BCUT2D eigenvalue weighted by molar-refractivity contribution is 6.27. The number of amides is 2. The zero-order valence-corrected chi connectivity index (χ0v) is 14.2. The topological polar surface area (TPSA) is 74.7 Å². The SMILES string of the molecule is CC(C)CC(C(=O)O)N1C(=O)c2ccc3c4c(ccc(c24)C1=O)CC3. The lowest BCUT2D eigenvalue weighted by molar-refractivity contribution is -0.142. The molecule has 0 bridgehead atoms. The molecule has 0 spiro atoms. The Morgan fingerprint density at radius 1 is 1.00 bits per heavy atom. The zero-order valence-electron chi connectivity index (χ0n) is 14.2. The third kappa shape index (κ3) is 2.18. The predicted molar refractivity (Wildman–Crippen MR) is 92.7 cm³/mol. The highest BCUT2D eigenvalue weighted by atomic mass is 16.4. The molecule has 1 unspecified atom stereocenters. The van der Waals surface area contributed by atoms with Crippen LogP contribution in [0.2, 0.25) is 0 Å². The number of carboxylic acid groups (broad SMARTS) is 1. The highest BCUT2D eigenvalue weighted by Crippen LogP contribution is 2.39. The molecule has 1 aliphatic heterocycles. The molecule has 2 aromatic rings.